The number of carbonyl (C=O) groups excluding carboxylic acids is 1. The minimum atomic E-state index is -0.0984. The fraction of sp³-hybridized carbons (Fsp3) is 0.650. The highest BCUT2D eigenvalue weighted by Crippen LogP contribution is 2.37. The van der Waals surface area contributed by atoms with Gasteiger partial charge in [0, 0.05) is 18.7 Å². The first-order valence-electron chi connectivity index (χ1n) is 9.68. The van der Waals surface area contributed by atoms with Crippen LogP contribution in [0.5, 0.6) is 11.5 Å². The summed E-state index contributed by atoms with van der Waals surface area (Å²) in [6, 6.07) is 5.69. The van der Waals surface area contributed by atoms with Crippen molar-refractivity contribution in [2.24, 2.45) is 5.41 Å². The largest absolute Gasteiger partial charge is 0.493 e. The van der Waals surface area contributed by atoms with Crippen LogP contribution in [0.3, 0.4) is 0 Å². The summed E-state index contributed by atoms with van der Waals surface area (Å²) in [5, 5.41) is 9.91. The summed E-state index contributed by atoms with van der Waals surface area (Å²) in [7, 11) is 1.64. The number of piperidine rings is 1. The smallest absolute Gasteiger partial charge is 0.237 e. The maximum absolute atomic E-state index is 12.7. The Hall–Kier alpha value is -1.79. The maximum atomic E-state index is 12.7. The SMILES string of the molecule is CCCOc1c(CNC(=O)[C@@H]2CC3(CCNCC3)CN2)cccc1OC. The highest BCUT2D eigenvalue weighted by atomic mass is 16.5. The molecular weight excluding hydrogens is 330 g/mol. The first-order valence-corrected chi connectivity index (χ1v) is 9.68. The third-order valence-corrected chi connectivity index (χ3v) is 5.53. The van der Waals surface area contributed by atoms with Crippen LogP contribution in [-0.2, 0) is 11.3 Å². The molecule has 2 fully saturated rings. The number of methoxy groups -OCH3 is 1. The molecule has 6 nitrogen and oxygen atoms in total. The van der Waals surface area contributed by atoms with E-state index in [0.29, 0.717) is 24.3 Å². The Morgan fingerprint density at radius 1 is 1.35 bits per heavy atom. The molecule has 3 N–H and O–H groups in total. The number of hydrogen-bond acceptors (Lipinski definition) is 5. The van der Waals surface area contributed by atoms with Crippen LogP contribution < -0.4 is 25.4 Å². The van der Waals surface area contributed by atoms with E-state index in [1.54, 1.807) is 7.11 Å². The van der Waals surface area contributed by atoms with E-state index in [4.69, 9.17) is 9.47 Å². The number of hydrogen-bond donors (Lipinski definition) is 3. The van der Waals surface area contributed by atoms with Gasteiger partial charge in [0.25, 0.3) is 0 Å². The van der Waals surface area contributed by atoms with Gasteiger partial charge < -0.3 is 25.4 Å². The normalized spacial score (nSPS) is 21.5. The first kappa shape index (κ1) is 19.0. The van der Waals surface area contributed by atoms with E-state index in [1.165, 1.54) is 0 Å². The standard InChI is InChI=1S/C20H31N3O3/c1-3-11-26-18-15(5-4-6-17(18)25-2)13-22-19(24)16-12-20(14-23-16)7-9-21-10-8-20/h4-6,16,21,23H,3,7-14H2,1-2H3,(H,22,24)/t16-/m0/s1. The van der Waals surface area contributed by atoms with E-state index in [9.17, 15) is 4.79 Å². The minimum Gasteiger partial charge on any atom is -0.493 e. The molecule has 1 amide bonds. The number of carbonyl (C=O) groups is 1. The molecule has 0 radical (unpaired) electrons. The van der Waals surface area contributed by atoms with E-state index in [1.807, 2.05) is 18.2 Å². The van der Waals surface area contributed by atoms with Crippen molar-refractivity contribution in [2.45, 2.75) is 45.2 Å². The fourth-order valence-corrected chi connectivity index (χ4v) is 3.98. The van der Waals surface area contributed by atoms with Crippen LogP contribution in [0.25, 0.3) is 0 Å². The molecule has 1 spiro atoms. The van der Waals surface area contributed by atoms with E-state index in [2.05, 4.69) is 22.9 Å². The van der Waals surface area contributed by atoms with Gasteiger partial charge in [-0.05, 0) is 50.3 Å². The molecule has 1 atom stereocenters. The second-order valence-electron chi connectivity index (χ2n) is 7.40. The number of nitrogens with one attached hydrogen (secondary N) is 3. The minimum absolute atomic E-state index is 0.0738. The fourth-order valence-electron chi connectivity index (χ4n) is 3.98. The van der Waals surface area contributed by atoms with Crippen LogP contribution in [-0.4, -0.2) is 45.3 Å². The van der Waals surface area contributed by atoms with Gasteiger partial charge in [-0.1, -0.05) is 19.1 Å². The molecule has 6 heteroatoms. The number of para-hydroxylation sites is 1. The predicted octanol–water partition coefficient (Wildman–Crippen LogP) is 1.83. The van der Waals surface area contributed by atoms with E-state index in [0.717, 1.165) is 56.6 Å². The Labute approximate surface area is 156 Å². The van der Waals surface area contributed by atoms with E-state index in [-0.39, 0.29) is 11.9 Å². The van der Waals surface area contributed by atoms with Crippen molar-refractivity contribution in [2.75, 3.05) is 33.4 Å². The molecule has 0 unspecified atom stereocenters. The molecule has 2 aliphatic rings. The van der Waals surface area contributed by atoms with Crippen LogP contribution in [0.4, 0.5) is 0 Å². The van der Waals surface area contributed by atoms with Crippen molar-refractivity contribution in [3.63, 3.8) is 0 Å². The van der Waals surface area contributed by atoms with Crippen LogP contribution in [0.2, 0.25) is 0 Å². The van der Waals surface area contributed by atoms with Gasteiger partial charge >= 0.3 is 0 Å². The average Bonchev–Trinajstić information content (AvgIpc) is 3.08. The number of ether oxygens (including phenoxy) is 2. The molecule has 2 aliphatic heterocycles. The third-order valence-electron chi connectivity index (χ3n) is 5.53. The van der Waals surface area contributed by atoms with Crippen molar-refractivity contribution in [1.29, 1.82) is 0 Å². The zero-order valence-electron chi connectivity index (χ0n) is 15.9. The van der Waals surface area contributed by atoms with Crippen molar-refractivity contribution in [1.82, 2.24) is 16.0 Å². The summed E-state index contributed by atoms with van der Waals surface area (Å²) in [6.45, 7) is 6.19. The predicted molar refractivity (Wildman–Crippen MR) is 102 cm³/mol. The lowest BCUT2D eigenvalue weighted by Crippen LogP contribution is -2.40. The molecule has 0 aliphatic carbocycles. The molecule has 144 valence electrons. The lowest BCUT2D eigenvalue weighted by Gasteiger charge is -2.33. The maximum Gasteiger partial charge on any atom is 0.237 e. The molecular formula is C20H31N3O3. The van der Waals surface area contributed by atoms with Crippen LogP contribution in [0, 0.1) is 5.41 Å². The van der Waals surface area contributed by atoms with Gasteiger partial charge in [0.15, 0.2) is 11.5 Å². The number of benzene rings is 1. The molecule has 1 aromatic carbocycles. The zero-order chi connectivity index (χ0) is 18.4. The summed E-state index contributed by atoms with van der Waals surface area (Å²) >= 11 is 0. The summed E-state index contributed by atoms with van der Waals surface area (Å²) in [5.74, 6) is 1.51. The van der Waals surface area contributed by atoms with Crippen molar-refractivity contribution in [3.8, 4) is 11.5 Å². The molecule has 0 aromatic heterocycles. The monoisotopic (exact) mass is 361 g/mol. The Balaban J connectivity index is 1.59. The lowest BCUT2D eigenvalue weighted by molar-refractivity contribution is -0.123. The first-order chi connectivity index (χ1) is 12.7. The van der Waals surface area contributed by atoms with Crippen molar-refractivity contribution < 1.29 is 14.3 Å². The summed E-state index contributed by atoms with van der Waals surface area (Å²) in [4.78, 5) is 12.7. The molecule has 1 aromatic rings. The van der Waals surface area contributed by atoms with Crippen molar-refractivity contribution in [3.05, 3.63) is 23.8 Å². The molecule has 26 heavy (non-hydrogen) atoms. The second-order valence-corrected chi connectivity index (χ2v) is 7.40. The summed E-state index contributed by atoms with van der Waals surface area (Å²) < 4.78 is 11.3. The molecule has 0 saturated carbocycles. The Kier molecular flexibility index (Phi) is 6.38. The lowest BCUT2D eigenvalue weighted by atomic mass is 9.77. The van der Waals surface area contributed by atoms with Crippen LogP contribution in [0.15, 0.2) is 18.2 Å². The van der Waals surface area contributed by atoms with Crippen LogP contribution in [0.1, 0.15) is 38.2 Å². The average molecular weight is 361 g/mol. The van der Waals surface area contributed by atoms with Gasteiger partial charge in [-0.15, -0.1) is 0 Å². The molecule has 2 heterocycles. The summed E-state index contributed by atoms with van der Waals surface area (Å²) in [6.07, 6.45) is 4.15. The molecule has 2 saturated heterocycles. The van der Waals surface area contributed by atoms with Gasteiger partial charge in [-0.2, -0.15) is 0 Å². The third kappa shape index (κ3) is 4.30. The van der Waals surface area contributed by atoms with E-state index >= 15 is 0 Å². The van der Waals surface area contributed by atoms with Crippen molar-refractivity contribution >= 4 is 5.91 Å². The molecule has 0 bridgehead atoms. The number of amides is 1. The highest BCUT2D eigenvalue weighted by molar-refractivity contribution is 5.82. The number of rotatable bonds is 7. The topological polar surface area (TPSA) is 71.6 Å². The van der Waals surface area contributed by atoms with Gasteiger partial charge in [0.05, 0.1) is 19.8 Å². The second kappa shape index (κ2) is 8.73. The highest BCUT2D eigenvalue weighted by Gasteiger charge is 2.42. The Bertz CT molecular complexity index is 614. The summed E-state index contributed by atoms with van der Waals surface area (Å²) in [5.41, 5.74) is 1.24. The van der Waals surface area contributed by atoms with Gasteiger partial charge in [-0.25, -0.2) is 0 Å². The zero-order valence-corrected chi connectivity index (χ0v) is 15.9. The molecule has 3 rings (SSSR count). The van der Waals surface area contributed by atoms with Gasteiger partial charge in [-0.3, -0.25) is 4.79 Å². The Morgan fingerprint density at radius 3 is 2.88 bits per heavy atom. The van der Waals surface area contributed by atoms with Gasteiger partial charge in [0.1, 0.15) is 0 Å². The Morgan fingerprint density at radius 2 is 2.15 bits per heavy atom. The van der Waals surface area contributed by atoms with Gasteiger partial charge in [0.2, 0.25) is 5.91 Å². The van der Waals surface area contributed by atoms with Crippen LogP contribution >= 0.6 is 0 Å². The van der Waals surface area contributed by atoms with E-state index < -0.39 is 0 Å². The quantitative estimate of drug-likeness (QED) is 0.691.